The van der Waals surface area contributed by atoms with Crippen molar-refractivity contribution in [1.82, 2.24) is 5.32 Å². The summed E-state index contributed by atoms with van der Waals surface area (Å²) >= 11 is 0. The van der Waals surface area contributed by atoms with Crippen LogP contribution in [0.25, 0.3) is 0 Å². The van der Waals surface area contributed by atoms with E-state index in [0.29, 0.717) is 17.0 Å². The zero-order chi connectivity index (χ0) is 21.1. The molecular weight excluding hydrogens is 352 g/mol. The van der Waals surface area contributed by atoms with Gasteiger partial charge in [0.25, 0.3) is 11.8 Å². The van der Waals surface area contributed by atoms with Gasteiger partial charge in [-0.05, 0) is 83.4 Å². The first-order chi connectivity index (χ1) is 13.0. The number of nitrogens with one attached hydrogen (secondary N) is 2. The summed E-state index contributed by atoms with van der Waals surface area (Å²) in [6.45, 7) is 13.4. The van der Waals surface area contributed by atoms with Gasteiger partial charge >= 0.3 is 0 Å². The van der Waals surface area contributed by atoms with Crippen molar-refractivity contribution in [3.63, 3.8) is 0 Å². The fourth-order valence-corrected chi connectivity index (χ4v) is 2.80. The van der Waals surface area contributed by atoms with Crippen LogP contribution in [-0.4, -0.2) is 23.5 Å². The van der Waals surface area contributed by atoms with Gasteiger partial charge in [0.05, 0.1) is 11.3 Å². The van der Waals surface area contributed by atoms with E-state index in [1.54, 1.807) is 31.2 Å². The summed E-state index contributed by atoms with van der Waals surface area (Å²) in [5.41, 5.74) is 3.71. The molecule has 5 nitrogen and oxygen atoms in total. The molecule has 2 rings (SSSR count). The molecule has 1 atom stereocenters. The lowest BCUT2D eigenvalue weighted by molar-refractivity contribution is -0.122. The molecule has 0 bridgehead atoms. The predicted octanol–water partition coefficient (Wildman–Crippen LogP) is 4.55. The molecular formula is C23H30N2O3. The van der Waals surface area contributed by atoms with Crippen molar-refractivity contribution in [2.45, 2.75) is 60.1 Å². The summed E-state index contributed by atoms with van der Waals surface area (Å²) in [4.78, 5) is 25.2. The maximum Gasteiger partial charge on any atom is 0.265 e. The lowest BCUT2D eigenvalue weighted by atomic mass is 10.1. The van der Waals surface area contributed by atoms with E-state index in [-0.39, 0.29) is 17.4 Å². The van der Waals surface area contributed by atoms with Gasteiger partial charge in [0.1, 0.15) is 5.75 Å². The van der Waals surface area contributed by atoms with Gasteiger partial charge in [-0.3, -0.25) is 9.59 Å². The minimum atomic E-state index is -0.710. The Bertz CT molecular complexity index is 882. The first-order valence-corrected chi connectivity index (χ1v) is 9.45. The van der Waals surface area contributed by atoms with Gasteiger partial charge in [0, 0.05) is 5.54 Å². The number of ether oxygens (including phenoxy) is 1. The molecule has 0 radical (unpaired) electrons. The summed E-state index contributed by atoms with van der Waals surface area (Å²) in [6.07, 6.45) is -0.710. The molecule has 0 aliphatic heterocycles. The SMILES string of the molecule is Cc1cc(C)c(C)c(O[C@@H](C)C(=O)Nc2ccccc2C(=O)NC(C)(C)C)c1. The zero-order valence-electron chi connectivity index (χ0n) is 17.8. The molecule has 0 saturated carbocycles. The fraction of sp³-hybridized carbons (Fsp3) is 0.391. The zero-order valence-corrected chi connectivity index (χ0v) is 17.8. The first kappa shape index (κ1) is 21.5. The lowest BCUT2D eigenvalue weighted by Gasteiger charge is -2.22. The quantitative estimate of drug-likeness (QED) is 0.797. The lowest BCUT2D eigenvalue weighted by Crippen LogP contribution is -2.41. The van der Waals surface area contributed by atoms with Gasteiger partial charge in [-0.15, -0.1) is 0 Å². The molecule has 2 amide bonds. The molecule has 0 aliphatic carbocycles. The largest absolute Gasteiger partial charge is 0.481 e. The van der Waals surface area contributed by atoms with Crippen molar-refractivity contribution in [1.29, 1.82) is 0 Å². The number of anilines is 1. The molecule has 0 heterocycles. The van der Waals surface area contributed by atoms with Gasteiger partial charge < -0.3 is 15.4 Å². The van der Waals surface area contributed by atoms with E-state index in [1.165, 1.54) is 0 Å². The summed E-state index contributed by atoms with van der Waals surface area (Å²) in [6, 6.07) is 11.0. The van der Waals surface area contributed by atoms with E-state index in [4.69, 9.17) is 4.74 Å². The van der Waals surface area contributed by atoms with Crippen molar-refractivity contribution in [3.8, 4) is 5.75 Å². The third-order valence-electron chi connectivity index (χ3n) is 4.36. The second-order valence-corrected chi connectivity index (χ2v) is 8.20. The van der Waals surface area contributed by atoms with Crippen LogP contribution in [0.2, 0.25) is 0 Å². The molecule has 0 unspecified atom stereocenters. The average molecular weight is 383 g/mol. The molecule has 2 aromatic carbocycles. The Balaban J connectivity index is 2.16. The van der Waals surface area contributed by atoms with E-state index in [9.17, 15) is 9.59 Å². The van der Waals surface area contributed by atoms with Crippen molar-refractivity contribution in [2.75, 3.05) is 5.32 Å². The number of hydrogen-bond donors (Lipinski definition) is 2. The molecule has 0 saturated heterocycles. The fourth-order valence-electron chi connectivity index (χ4n) is 2.80. The van der Waals surface area contributed by atoms with E-state index >= 15 is 0 Å². The van der Waals surface area contributed by atoms with Crippen molar-refractivity contribution in [2.24, 2.45) is 0 Å². The van der Waals surface area contributed by atoms with Crippen LogP contribution < -0.4 is 15.4 Å². The summed E-state index contributed by atoms with van der Waals surface area (Å²) < 4.78 is 5.91. The highest BCUT2D eigenvalue weighted by atomic mass is 16.5. The number of rotatable bonds is 5. The van der Waals surface area contributed by atoms with Gasteiger partial charge in [0.15, 0.2) is 6.10 Å². The number of hydrogen-bond acceptors (Lipinski definition) is 3. The monoisotopic (exact) mass is 382 g/mol. The van der Waals surface area contributed by atoms with Crippen LogP contribution in [0.1, 0.15) is 54.7 Å². The minimum absolute atomic E-state index is 0.234. The number of benzene rings is 2. The molecule has 0 aliphatic rings. The van der Waals surface area contributed by atoms with Crippen LogP contribution in [0, 0.1) is 20.8 Å². The third kappa shape index (κ3) is 5.59. The topological polar surface area (TPSA) is 67.4 Å². The number of aryl methyl sites for hydroxylation is 2. The smallest absolute Gasteiger partial charge is 0.265 e. The van der Waals surface area contributed by atoms with Gasteiger partial charge in [-0.1, -0.05) is 18.2 Å². The van der Waals surface area contributed by atoms with E-state index < -0.39 is 6.10 Å². The Morgan fingerprint density at radius 1 is 1.04 bits per heavy atom. The summed E-state index contributed by atoms with van der Waals surface area (Å²) in [7, 11) is 0. The molecule has 2 aromatic rings. The standard InChI is InChI=1S/C23H30N2O3/c1-14-12-15(2)16(3)20(13-14)28-17(4)21(26)24-19-11-9-8-10-18(19)22(27)25-23(5,6)7/h8-13,17H,1-7H3,(H,24,26)(H,25,27)/t17-/m0/s1. The van der Waals surface area contributed by atoms with Crippen LogP contribution in [0.4, 0.5) is 5.69 Å². The Morgan fingerprint density at radius 2 is 1.68 bits per heavy atom. The Hall–Kier alpha value is -2.82. The van der Waals surface area contributed by atoms with Crippen LogP contribution in [0.3, 0.4) is 0 Å². The molecule has 0 fully saturated rings. The average Bonchev–Trinajstić information content (AvgIpc) is 2.58. The maximum atomic E-state index is 12.7. The molecule has 28 heavy (non-hydrogen) atoms. The molecule has 5 heteroatoms. The second-order valence-electron chi connectivity index (χ2n) is 8.20. The molecule has 150 valence electrons. The number of carbonyl (C=O) groups is 2. The van der Waals surface area contributed by atoms with E-state index in [2.05, 4.69) is 16.7 Å². The van der Waals surface area contributed by atoms with E-state index in [0.717, 1.165) is 16.7 Å². The second kappa shape index (κ2) is 8.46. The molecule has 0 spiro atoms. The minimum Gasteiger partial charge on any atom is -0.481 e. The normalized spacial score (nSPS) is 12.2. The van der Waals surface area contributed by atoms with Crippen LogP contribution >= 0.6 is 0 Å². The van der Waals surface area contributed by atoms with Gasteiger partial charge in [-0.25, -0.2) is 0 Å². The first-order valence-electron chi connectivity index (χ1n) is 9.45. The highest BCUT2D eigenvalue weighted by molar-refractivity contribution is 6.04. The summed E-state index contributed by atoms with van der Waals surface area (Å²) in [5, 5.41) is 5.74. The number of amides is 2. The van der Waals surface area contributed by atoms with Crippen LogP contribution in [0.15, 0.2) is 36.4 Å². The number of carbonyl (C=O) groups excluding carboxylic acids is 2. The van der Waals surface area contributed by atoms with Crippen LogP contribution in [0.5, 0.6) is 5.75 Å². The Morgan fingerprint density at radius 3 is 2.32 bits per heavy atom. The van der Waals surface area contributed by atoms with Gasteiger partial charge in [-0.2, -0.15) is 0 Å². The predicted molar refractivity (Wildman–Crippen MR) is 113 cm³/mol. The van der Waals surface area contributed by atoms with Crippen LogP contribution in [-0.2, 0) is 4.79 Å². The highest BCUT2D eigenvalue weighted by Crippen LogP contribution is 2.25. The molecule has 2 N–H and O–H groups in total. The van der Waals surface area contributed by atoms with Crippen molar-refractivity contribution in [3.05, 3.63) is 58.7 Å². The van der Waals surface area contributed by atoms with Crippen molar-refractivity contribution < 1.29 is 14.3 Å². The van der Waals surface area contributed by atoms with E-state index in [1.807, 2.05) is 47.6 Å². The highest BCUT2D eigenvalue weighted by Gasteiger charge is 2.21. The third-order valence-corrected chi connectivity index (χ3v) is 4.36. The Kier molecular flexibility index (Phi) is 6.49. The Labute approximate surface area is 167 Å². The van der Waals surface area contributed by atoms with Crippen molar-refractivity contribution >= 4 is 17.5 Å². The maximum absolute atomic E-state index is 12.7. The number of para-hydroxylation sites is 1. The van der Waals surface area contributed by atoms with Gasteiger partial charge in [0.2, 0.25) is 0 Å². The molecule has 0 aromatic heterocycles. The summed E-state index contributed by atoms with van der Waals surface area (Å²) in [5.74, 6) is 0.149.